The molecular formula is C13H18N2O5S. The second-order valence-corrected chi connectivity index (χ2v) is 6.99. The highest BCUT2D eigenvalue weighted by molar-refractivity contribution is 7.89. The fourth-order valence-electron chi connectivity index (χ4n) is 2.40. The standard InChI is InChI=1S/C13H18N2O5S/c1-9-3-4-10(13(16)17)8-15(9)21(18,19)12-5-11(20-2)6-14-7-12/h5-7,9-10H,3-4,8H2,1-2H3,(H,16,17). The third-order valence-corrected chi connectivity index (χ3v) is 5.65. The Morgan fingerprint density at radius 1 is 1.43 bits per heavy atom. The molecular weight excluding hydrogens is 296 g/mol. The van der Waals surface area contributed by atoms with Crippen LogP contribution in [0.5, 0.6) is 5.75 Å². The van der Waals surface area contributed by atoms with Crippen LogP contribution in [-0.4, -0.2) is 48.5 Å². The lowest BCUT2D eigenvalue weighted by molar-refractivity contribution is -0.143. The monoisotopic (exact) mass is 314 g/mol. The number of hydrogen-bond donors (Lipinski definition) is 1. The van der Waals surface area contributed by atoms with E-state index in [0.717, 1.165) is 0 Å². The van der Waals surface area contributed by atoms with Gasteiger partial charge in [0.05, 0.1) is 19.2 Å². The lowest BCUT2D eigenvalue weighted by atomic mass is 9.96. The molecule has 1 fully saturated rings. The van der Waals surface area contributed by atoms with Crippen LogP contribution in [-0.2, 0) is 14.8 Å². The summed E-state index contributed by atoms with van der Waals surface area (Å²) < 4.78 is 31.6. The van der Waals surface area contributed by atoms with Crippen LogP contribution in [0.15, 0.2) is 23.4 Å². The number of nitrogens with zero attached hydrogens (tertiary/aromatic N) is 2. The molecule has 2 unspecified atom stereocenters. The van der Waals surface area contributed by atoms with Gasteiger partial charge < -0.3 is 9.84 Å². The van der Waals surface area contributed by atoms with E-state index in [-0.39, 0.29) is 17.5 Å². The van der Waals surface area contributed by atoms with Crippen molar-refractivity contribution in [2.24, 2.45) is 5.92 Å². The Kier molecular flexibility index (Phi) is 4.48. The molecule has 0 saturated carbocycles. The second kappa shape index (κ2) is 5.98. The molecule has 1 N–H and O–H groups in total. The minimum absolute atomic E-state index is 0.0136. The number of aromatic nitrogens is 1. The van der Waals surface area contributed by atoms with Gasteiger partial charge in [0.25, 0.3) is 0 Å². The van der Waals surface area contributed by atoms with Gasteiger partial charge in [-0.1, -0.05) is 0 Å². The third-order valence-electron chi connectivity index (χ3n) is 3.70. The Morgan fingerprint density at radius 2 is 2.14 bits per heavy atom. The van der Waals surface area contributed by atoms with Crippen LogP contribution in [0.2, 0.25) is 0 Å². The molecule has 2 atom stereocenters. The molecule has 0 amide bonds. The number of rotatable bonds is 4. The van der Waals surface area contributed by atoms with Gasteiger partial charge in [-0.15, -0.1) is 0 Å². The van der Waals surface area contributed by atoms with E-state index in [1.54, 1.807) is 6.92 Å². The SMILES string of the molecule is COc1cncc(S(=O)(=O)N2CC(C(=O)O)CCC2C)c1. The smallest absolute Gasteiger partial charge is 0.307 e. The summed E-state index contributed by atoms with van der Waals surface area (Å²) in [6.45, 7) is 1.76. The van der Waals surface area contributed by atoms with E-state index in [4.69, 9.17) is 9.84 Å². The predicted molar refractivity (Wildman–Crippen MR) is 74.5 cm³/mol. The maximum Gasteiger partial charge on any atom is 0.307 e. The first-order valence-electron chi connectivity index (χ1n) is 6.60. The lowest BCUT2D eigenvalue weighted by Crippen LogP contribution is -2.47. The number of carboxylic acids is 1. The fourth-order valence-corrected chi connectivity index (χ4v) is 4.08. The zero-order valence-electron chi connectivity index (χ0n) is 11.9. The Balaban J connectivity index is 2.34. The molecule has 1 aliphatic heterocycles. The van der Waals surface area contributed by atoms with Gasteiger partial charge in [0.1, 0.15) is 10.6 Å². The van der Waals surface area contributed by atoms with Crippen LogP contribution >= 0.6 is 0 Å². The van der Waals surface area contributed by atoms with Crippen molar-refractivity contribution in [1.82, 2.24) is 9.29 Å². The number of carbonyl (C=O) groups is 1. The number of hydrogen-bond acceptors (Lipinski definition) is 5. The summed E-state index contributed by atoms with van der Waals surface area (Å²) in [6.07, 6.45) is 3.67. The van der Waals surface area contributed by atoms with Gasteiger partial charge >= 0.3 is 5.97 Å². The fraction of sp³-hybridized carbons (Fsp3) is 0.538. The Hall–Kier alpha value is -1.67. The van der Waals surface area contributed by atoms with Crippen LogP contribution < -0.4 is 4.74 Å². The number of sulfonamides is 1. The number of carboxylic acid groups (broad SMARTS) is 1. The minimum Gasteiger partial charge on any atom is -0.495 e. The molecule has 8 heteroatoms. The number of pyridine rings is 1. The van der Waals surface area contributed by atoms with Crippen molar-refractivity contribution < 1.29 is 23.1 Å². The van der Waals surface area contributed by atoms with E-state index in [9.17, 15) is 13.2 Å². The zero-order chi connectivity index (χ0) is 15.6. The maximum absolute atomic E-state index is 12.7. The van der Waals surface area contributed by atoms with Crippen molar-refractivity contribution in [3.8, 4) is 5.75 Å². The van der Waals surface area contributed by atoms with Crippen LogP contribution in [0.3, 0.4) is 0 Å². The molecule has 0 aromatic carbocycles. The van der Waals surface area contributed by atoms with Gasteiger partial charge in [-0.25, -0.2) is 8.42 Å². The molecule has 0 aliphatic carbocycles. The molecule has 0 radical (unpaired) electrons. The number of ether oxygens (including phenoxy) is 1. The first kappa shape index (κ1) is 15.7. The predicted octanol–water partition coefficient (Wildman–Crippen LogP) is 0.964. The lowest BCUT2D eigenvalue weighted by Gasteiger charge is -2.35. The van der Waals surface area contributed by atoms with Gasteiger partial charge in [0, 0.05) is 24.8 Å². The van der Waals surface area contributed by atoms with Crippen molar-refractivity contribution in [1.29, 1.82) is 0 Å². The van der Waals surface area contributed by atoms with E-state index in [2.05, 4.69) is 4.98 Å². The molecule has 116 valence electrons. The molecule has 2 rings (SSSR count). The Bertz CT molecular complexity index is 631. The van der Waals surface area contributed by atoms with Crippen molar-refractivity contribution in [3.63, 3.8) is 0 Å². The Labute approximate surface area is 123 Å². The summed E-state index contributed by atoms with van der Waals surface area (Å²) in [6, 6.07) is 1.15. The minimum atomic E-state index is -3.78. The van der Waals surface area contributed by atoms with Crippen LogP contribution in [0, 0.1) is 5.92 Å². The topological polar surface area (TPSA) is 96.8 Å². The number of piperidine rings is 1. The second-order valence-electron chi connectivity index (χ2n) is 5.10. The van der Waals surface area contributed by atoms with Gasteiger partial charge in [-0.2, -0.15) is 4.31 Å². The largest absolute Gasteiger partial charge is 0.495 e. The summed E-state index contributed by atoms with van der Waals surface area (Å²) in [5.74, 6) is -1.30. The molecule has 1 saturated heterocycles. The maximum atomic E-state index is 12.7. The van der Waals surface area contributed by atoms with Crippen LogP contribution in [0.25, 0.3) is 0 Å². The summed E-state index contributed by atoms with van der Waals surface area (Å²) in [5.41, 5.74) is 0. The van der Waals surface area contributed by atoms with Gasteiger partial charge in [0.15, 0.2) is 0 Å². The van der Waals surface area contributed by atoms with E-state index in [1.807, 2.05) is 0 Å². The van der Waals surface area contributed by atoms with E-state index in [1.165, 1.54) is 29.9 Å². The normalized spacial score (nSPS) is 23.7. The molecule has 21 heavy (non-hydrogen) atoms. The summed E-state index contributed by atoms with van der Waals surface area (Å²) >= 11 is 0. The van der Waals surface area contributed by atoms with E-state index in [0.29, 0.717) is 18.6 Å². The zero-order valence-corrected chi connectivity index (χ0v) is 12.7. The summed E-state index contributed by atoms with van der Waals surface area (Å²) in [4.78, 5) is 15.0. The number of methoxy groups -OCH3 is 1. The molecule has 0 bridgehead atoms. The van der Waals surface area contributed by atoms with Crippen molar-refractivity contribution in [2.75, 3.05) is 13.7 Å². The molecule has 1 aromatic heterocycles. The molecule has 7 nitrogen and oxygen atoms in total. The first-order valence-corrected chi connectivity index (χ1v) is 8.04. The first-order chi connectivity index (χ1) is 9.86. The van der Waals surface area contributed by atoms with E-state index < -0.39 is 21.9 Å². The number of aliphatic carboxylic acids is 1. The highest BCUT2D eigenvalue weighted by Gasteiger charge is 2.37. The molecule has 0 spiro atoms. The van der Waals surface area contributed by atoms with E-state index >= 15 is 0 Å². The van der Waals surface area contributed by atoms with Crippen LogP contribution in [0.4, 0.5) is 0 Å². The average Bonchev–Trinajstić information content (AvgIpc) is 2.47. The van der Waals surface area contributed by atoms with Gasteiger partial charge in [0.2, 0.25) is 10.0 Å². The van der Waals surface area contributed by atoms with Crippen molar-refractivity contribution >= 4 is 16.0 Å². The summed E-state index contributed by atoms with van der Waals surface area (Å²) in [5, 5.41) is 9.11. The third kappa shape index (κ3) is 3.16. The van der Waals surface area contributed by atoms with Gasteiger partial charge in [-0.05, 0) is 19.8 Å². The van der Waals surface area contributed by atoms with Gasteiger partial charge in [-0.3, -0.25) is 9.78 Å². The highest BCUT2D eigenvalue weighted by Crippen LogP contribution is 2.29. The van der Waals surface area contributed by atoms with Crippen molar-refractivity contribution in [3.05, 3.63) is 18.5 Å². The van der Waals surface area contributed by atoms with Crippen LogP contribution in [0.1, 0.15) is 19.8 Å². The summed E-state index contributed by atoms with van der Waals surface area (Å²) in [7, 11) is -2.35. The Morgan fingerprint density at radius 3 is 2.76 bits per heavy atom. The highest BCUT2D eigenvalue weighted by atomic mass is 32.2. The molecule has 1 aliphatic rings. The average molecular weight is 314 g/mol. The van der Waals surface area contributed by atoms with Crippen molar-refractivity contribution in [2.45, 2.75) is 30.7 Å². The molecule has 2 heterocycles. The quantitative estimate of drug-likeness (QED) is 0.889. The molecule has 1 aromatic rings.